The first-order valence-corrected chi connectivity index (χ1v) is 4.35. The summed E-state index contributed by atoms with van der Waals surface area (Å²) in [4.78, 5) is 0. The summed E-state index contributed by atoms with van der Waals surface area (Å²) in [6, 6.07) is 0. The van der Waals surface area contributed by atoms with E-state index < -0.39 is 5.41 Å². The molecule has 11 heavy (non-hydrogen) atoms. The highest BCUT2D eigenvalue weighted by molar-refractivity contribution is 6.35. The molecule has 0 saturated carbocycles. The molecule has 0 aromatic rings. The summed E-state index contributed by atoms with van der Waals surface area (Å²) in [5, 5.41) is 5.50. The Morgan fingerprint density at radius 2 is 1.73 bits per heavy atom. The van der Waals surface area contributed by atoms with Gasteiger partial charge in [-0.3, -0.25) is 0 Å². The van der Waals surface area contributed by atoms with Crippen LogP contribution in [0.15, 0.2) is 0 Å². The summed E-state index contributed by atoms with van der Waals surface area (Å²) in [7, 11) is 4.74. The minimum Gasteiger partial charge on any atom is -0.376 e. The standard InChI is InChI=1S/C6H15NO3Si/c1-5(8-2)6(9-3,10-4)11-7/h5H,7H2,1-4H3. The van der Waals surface area contributed by atoms with Gasteiger partial charge in [-0.25, -0.2) is 0 Å². The fraction of sp³-hybridized carbons (Fsp3) is 1.00. The molecule has 0 aromatic carbocycles. The van der Waals surface area contributed by atoms with Gasteiger partial charge >= 0.3 is 0 Å². The molecule has 2 radical (unpaired) electrons. The average molecular weight is 177 g/mol. The molecule has 0 aliphatic carbocycles. The fourth-order valence-electron chi connectivity index (χ4n) is 0.806. The molecule has 1 unspecified atom stereocenters. The highest BCUT2D eigenvalue weighted by Gasteiger charge is 2.36. The molecule has 0 aliphatic heterocycles. The van der Waals surface area contributed by atoms with Gasteiger partial charge in [-0.05, 0) is 6.92 Å². The molecule has 0 amide bonds. The first kappa shape index (κ1) is 11.1. The van der Waals surface area contributed by atoms with Crippen molar-refractivity contribution < 1.29 is 14.2 Å². The first-order valence-electron chi connectivity index (χ1n) is 3.27. The summed E-state index contributed by atoms with van der Waals surface area (Å²) in [6.07, 6.45) is -0.166. The van der Waals surface area contributed by atoms with E-state index in [2.05, 4.69) is 0 Å². The van der Waals surface area contributed by atoms with Crippen molar-refractivity contribution in [2.24, 2.45) is 5.40 Å². The van der Waals surface area contributed by atoms with Crippen LogP contribution in [0.5, 0.6) is 0 Å². The van der Waals surface area contributed by atoms with Gasteiger partial charge in [0.2, 0.25) is 9.68 Å². The maximum Gasteiger partial charge on any atom is 0.219 e. The Labute approximate surface area is 69.9 Å². The van der Waals surface area contributed by atoms with Crippen LogP contribution in [0.4, 0.5) is 0 Å². The van der Waals surface area contributed by atoms with E-state index in [-0.39, 0.29) is 15.8 Å². The van der Waals surface area contributed by atoms with E-state index in [1.807, 2.05) is 6.92 Å². The van der Waals surface area contributed by atoms with Crippen molar-refractivity contribution >= 4 is 9.68 Å². The van der Waals surface area contributed by atoms with E-state index >= 15 is 0 Å². The van der Waals surface area contributed by atoms with E-state index in [4.69, 9.17) is 19.6 Å². The molecule has 0 spiro atoms. The molecule has 0 saturated heterocycles. The lowest BCUT2D eigenvalue weighted by molar-refractivity contribution is -0.205. The van der Waals surface area contributed by atoms with Crippen LogP contribution in [0.25, 0.3) is 0 Å². The third-order valence-corrected chi connectivity index (χ3v) is 2.91. The molecule has 0 fully saturated rings. The van der Waals surface area contributed by atoms with Gasteiger partial charge in [-0.1, -0.05) is 0 Å². The fourth-order valence-corrected chi connectivity index (χ4v) is 1.39. The lowest BCUT2D eigenvalue weighted by atomic mass is 10.4. The van der Waals surface area contributed by atoms with Gasteiger partial charge in [0, 0.05) is 21.3 Å². The molecule has 0 aliphatic rings. The zero-order chi connectivity index (χ0) is 8.91. The molecule has 0 aromatic heterocycles. The lowest BCUT2D eigenvalue weighted by Gasteiger charge is -2.33. The van der Waals surface area contributed by atoms with Crippen molar-refractivity contribution in [1.29, 1.82) is 0 Å². The van der Waals surface area contributed by atoms with Gasteiger partial charge in [-0.15, -0.1) is 0 Å². The minimum atomic E-state index is -0.783. The van der Waals surface area contributed by atoms with E-state index in [1.54, 1.807) is 21.3 Å². The van der Waals surface area contributed by atoms with Crippen LogP contribution in [-0.4, -0.2) is 42.5 Å². The largest absolute Gasteiger partial charge is 0.376 e. The summed E-state index contributed by atoms with van der Waals surface area (Å²) in [5.41, 5.74) is -0.783. The molecule has 4 nitrogen and oxygen atoms in total. The third-order valence-electron chi connectivity index (χ3n) is 1.70. The lowest BCUT2D eigenvalue weighted by Crippen LogP contribution is -2.53. The molecule has 1 atom stereocenters. The van der Waals surface area contributed by atoms with Gasteiger partial charge < -0.3 is 19.6 Å². The maximum absolute atomic E-state index is 5.50. The molecular weight excluding hydrogens is 162 g/mol. The zero-order valence-corrected chi connectivity index (χ0v) is 8.38. The molecule has 0 bridgehead atoms. The Morgan fingerprint density at radius 3 is 1.82 bits per heavy atom. The average Bonchev–Trinajstić information content (AvgIpc) is 2.08. The first-order chi connectivity index (χ1) is 5.16. The van der Waals surface area contributed by atoms with E-state index in [9.17, 15) is 0 Å². The predicted octanol–water partition coefficient (Wildman–Crippen LogP) is -0.454. The summed E-state index contributed by atoms with van der Waals surface area (Å²) >= 11 is 0. The number of nitrogens with two attached hydrogens (primary N) is 1. The molecular formula is C6H15NO3Si. The Morgan fingerprint density at radius 1 is 1.27 bits per heavy atom. The van der Waals surface area contributed by atoms with E-state index in [0.717, 1.165) is 0 Å². The van der Waals surface area contributed by atoms with Gasteiger partial charge in [0.1, 0.15) is 6.10 Å². The van der Waals surface area contributed by atoms with Gasteiger partial charge in [-0.2, -0.15) is 0 Å². The summed E-state index contributed by atoms with van der Waals surface area (Å²) in [5.74, 6) is 0. The van der Waals surface area contributed by atoms with Crippen molar-refractivity contribution in [2.75, 3.05) is 21.3 Å². The van der Waals surface area contributed by atoms with Crippen LogP contribution >= 0.6 is 0 Å². The Bertz CT molecular complexity index is 99.7. The number of hydrogen-bond acceptors (Lipinski definition) is 4. The van der Waals surface area contributed by atoms with Crippen molar-refractivity contribution in [3.05, 3.63) is 0 Å². The van der Waals surface area contributed by atoms with Crippen molar-refractivity contribution in [2.45, 2.75) is 18.4 Å². The van der Waals surface area contributed by atoms with Crippen LogP contribution in [0.3, 0.4) is 0 Å². The quantitative estimate of drug-likeness (QED) is 0.456. The van der Waals surface area contributed by atoms with Crippen molar-refractivity contribution in [1.82, 2.24) is 0 Å². The maximum atomic E-state index is 5.50. The predicted molar refractivity (Wildman–Crippen MR) is 43.2 cm³/mol. The second-order valence-corrected chi connectivity index (χ2v) is 3.08. The second-order valence-electron chi connectivity index (χ2n) is 2.10. The topological polar surface area (TPSA) is 53.7 Å². The Hall–Kier alpha value is 0.0569. The van der Waals surface area contributed by atoms with Crippen LogP contribution in [0, 0.1) is 0 Å². The van der Waals surface area contributed by atoms with E-state index in [1.165, 1.54) is 0 Å². The molecule has 0 heterocycles. The normalized spacial score (nSPS) is 15.0. The van der Waals surface area contributed by atoms with E-state index in [0.29, 0.717) is 0 Å². The second kappa shape index (κ2) is 4.84. The third kappa shape index (κ3) is 2.24. The highest BCUT2D eigenvalue weighted by Crippen LogP contribution is 2.15. The Balaban J connectivity index is 4.26. The van der Waals surface area contributed by atoms with Crippen LogP contribution in [0.1, 0.15) is 6.92 Å². The summed E-state index contributed by atoms with van der Waals surface area (Å²) < 4.78 is 15.3. The Kier molecular flexibility index (Phi) is 4.86. The van der Waals surface area contributed by atoms with Crippen molar-refractivity contribution in [3.63, 3.8) is 0 Å². The number of methoxy groups -OCH3 is 3. The van der Waals surface area contributed by atoms with Gasteiger partial charge in [0.15, 0.2) is 5.41 Å². The molecule has 66 valence electrons. The molecule has 2 N–H and O–H groups in total. The van der Waals surface area contributed by atoms with Gasteiger partial charge in [0.05, 0.1) is 0 Å². The summed E-state index contributed by atoms with van der Waals surface area (Å²) in [6.45, 7) is 1.85. The van der Waals surface area contributed by atoms with Crippen LogP contribution in [-0.2, 0) is 14.2 Å². The monoisotopic (exact) mass is 177 g/mol. The minimum absolute atomic E-state index is 0.0369. The number of ether oxygens (including phenoxy) is 3. The smallest absolute Gasteiger partial charge is 0.219 e. The number of hydrogen-bond donors (Lipinski definition) is 1. The molecule has 5 heteroatoms. The number of rotatable bonds is 5. The van der Waals surface area contributed by atoms with Crippen molar-refractivity contribution in [3.8, 4) is 0 Å². The SMILES string of the molecule is COC(C)C(OC)(OC)[Si]N. The highest BCUT2D eigenvalue weighted by atomic mass is 28.2. The van der Waals surface area contributed by atoms with Crippen LogP contribution < -0.4 is 5.40 Å². The van der Waals surface area contributed by atoms with Crippen LogP contribution in [0.2, 0.25) is 0 Å². The molecule has 0 rings (SSSR count). The van der Waals surface area contributed by atoms with Gasteiger partial charge in [0.25, 0.3) is 0 Å². The zero-order valence-electron chi connectivity index (χ0n) is 7.38.